The Labute approximate surface area is 117 Å². The van der Waals surface area contributed by atoms with Crippen LogP contribution in [-0.4, -0.2) is 23.6 Å². The van der Waals surface area contributed by atoms with E-state index < -0.39 is 6.10 Å². The van der Waals surface area contributed by atoms with Gasteiger partial charge in [-0.25, -0.2) is 0 Å². The molecule has 0 saturated carbocycles. The van der Waals surface area contributed by atoms with E-state index in [1.807, 2.05) is 31.2 Å². The molecule has 0 bridgehead atoms. The lowest BCUT2D eigenvalue weighted by molar-refractivity contribution is -0.118. The third-order valence-electron chi connectivity index (χ3n) is 3.57. The molecule has 1 atom stereocenters. The van der Waals surface area contributed by atoms with E-state index in [1.54, 1.807) is 0 Å². The quantitative estimate of drug-likeness (QED) is 0.663. The first kappa shape index (κ1) is 12.9. The predicted octanol–water partition coefficient (Wildman–Crippen LogP) is 3.40. The molecule has 1 heterocycles. The summed E-state index contributed by atoms with van der Waals surface area (Å²) in [6, 6.07) is 16.5. The first-order valence-corrected chi connectivity index (χ1v) is 6.88. The molecule has 3 nitrogen and oxygen atoms in total. The van der Waals surface area contributed by atoms with Gasteiger partial charge in [-0.3, -0.25) is 0 Å². The number of carbonyl (C=O) groups is 1. The van der Waals surface area contributed by atoms with Gasteiger partial charge in [-0.15, -0.1) is 0 Å². The molecule has 3 aromatic rings. The molecule has 20 heavy (non-hydrogen) atoms. The summed E-state index contributed by atoms with van der Waals surface area (Å²) >= 11 is 0. The lowest BCUT2D eigenvalue weighted by Gasteiger charge is -2.13. The zero-order chi connectivity index (χ0) is 13.9. The van der Waals surface area contributed by atoms with Gasteiger partial charge in [-0.2, -0.15) is 0 Å². The van der Waals surface area contributed by atoms with Crippen LogP contribution in [-0.2, 0) is 16.1 Å². The smallest absolute Gasteiger partial charge is 0.150 e. The second-order valence-electron chi connectivity index (χ2n) is 4.77. The third kappa shape index (κ3) is 2.10. The minimum Gasteiger partial charge on any atom is -0.369 e. The molecule has 0 fully saturated rings. The van der Waals surface area contributed by atoms with Crippen LogP contribution in [0.4, 0.5) is 0 Å². The van der Waals surface area contributed by atoms with Crippen molar-refractivity contribution in [2.24, 2.45) is 0 Å². The predicted molar refractivity (Wildman–Crippen MR) is 80.9 cm³/mol. The summed E-state index contributed by atoms with van der Waals surface area (Å²) < 4.78 is 7.64. The highest BCUT2D eigenvalue weighted by molar-refractivity contribution is 6.08. The molecular formula is C17H17NO2. The van der Waals surface area contributed by atoms with Crippen LogP contribution in [0.25, 0.3) is 21.8 Å². The summed E-state index contributed by atoms with van der Waals surface area (Å²) in [5.74, 6) is 0. The molecule has 0 aliphatic rings. The summed E-state index contributed by atoms with van der Waals surface area (Å²) in [7, 11) is 0. The Bertz CT molecular complexity index is 692. The molecule has 0 aliphatic heterocycles. The van der Waals surface area contributed by atoms with Crippen molar-refractivity contribution in [2.75, 3.05) is 6.61 Å². The number of ether oxygens (including phenoxy) is 1. The highest BCUT2D eigenvalue weighted by atomic mass is 16.5. The Morgan fingerprint density at radius 3 is 2.10 bits per heavy atom. The molecule has 3 rings (SSSR count). The summed E-state index contributed by atoms with van der Waals surface area (Å²) in [5.41, 5.74) is 2.28. The lowest BCUT2D eigenvalue weighted by Crippen LogP contribution is -2.21. The van der Waals surface area contributed by atoms with Crippen LogP contribution in [0.1, 0.15) is 6.92 Å². The Hall–Kier alpha value is -2.13. The number of nitrogens with zero attached hydrogens (tertiary/aromatic N) is 1. The Morgan fingerprint density at radius 1 is 1.05 bits per heavy atom. The number of hydrogen-bond donors (Lipinski definition) is 0. The van der Waals surface area contributed by atoms with Crippen molar-refractivity contribution < 1.29 is 9.53 Å². The van der Waals surface area contributed by atoms with E-state index in [4.69, 9.17) is 4.74 Å². The fraction of sp³-hybridized carbons (Fsp3) is 0.235. The fourth-order valence-electron chi connectivity index (χ4n) is 2.73. The van der Waals surface area contributed by atoms with Crippen molar-refractivity contribution in [3.05, 3.63) is 48.5 Å². The average molecular weight is 267 g/mol. The van der Waals surface area contributed by atoms with Gasteiger partial charge >= 0.3 is 0 Å². The van der Waals surface area contributed by atoms with Crippen LogP contribution in [0.3, 0.4) is 0 Å². The highest BCUT2D eigenvalue weighted by Gasteiger charge is 2.14. The Kier molecular flexibility index (Phi) is 3.52. The van der Waals surface area contributed by atoms with Crippen molar-refractivity contribution in [3.63, 3.8) is 0 Å². The normalized spacial score (nSPS) is 12.8. The average Bonchev–Trinajstić information content (AvgIpc) is 2.82. The van der Waals surface area contributed by atoms with E-state index in [1.165, 1.54) is 10.8 Å². The zero-order valence-corrected chi connectivity index (χ0v) is 11.5. The van der Waals surface area contributed by atoms with Gasteiger partial charge in [0.25, 0.3) is 0 Å². The summed E-state index contributed by atoms with van der Waals surface area (Å²) in [6.45, 7) is 2.99. The topological polar surface area (TPSA) is 31.2 Å². The Balaban J connectivity index is 2.18. The monoisotopic (exact) mass is 267 g/mol. The molecule has 1 unspecified atom stereocenters. The van der Waals surface area contributed by atoms with Gasteiger partial charge in [0.1, 0.15) is 6.10 Å². The van der Waals surface area contributed by atoms with Crippen LogP contribution in [0.2, 0.25) is 0 Å². The van der Waals surface area contributed by atoms with Crippen LogP contribution < -0.4 is 0 Å². The minimum atomic E-state index is -0.404. The van der Waals surface area contributed by atoms with Gasteiger partial charge < -0.3 is 14.1 Å². The van der Waals surface area contributed by atoms with Crippen LogP contribution in [0, 0.1) is 0 Å². The molecular weight excluding hydrogens is 250 g/mol. The molecule has 1 aromatic heterocycles. The van der Waals surface area contributed by atoms with E-state index in [-0.39, 0.29) is 0 Å². The van der Waals surface area contributed by atoms with Crippen LogP contribution in [0.5, 0.6) is 0 Å². The second-order valence-corrected chi connectivity index (χ2v) is 4.77. The van der Waals surface area contributed by atoms with E-state index in [0.29, 0.717) is 13.2 Å². The van der Waals surface area contributed by atoms with Gasteiger partial charge in [-0.1, -0.05) is 36.4 Å². The maximum atomic E-state index is 11.2. The molecule has 102 valence electrons. The number of para-hydroxylation sites is 2. The first-order chi connectivity index (χ1) is 9.85. The molecule has 3 heteroatoms. The SMILES string of the molecule is CCOC(C=O)Cn1c2ccccc2c2ccccc21. The summed E-state index contributed by atoms with van der Waals surface area (Å²) in [6.07, 6.45) is 0.478. The lowest BCUT2D eigenvalue weighted by atomic mass is 10.2. The number of hydrogen-bond acceptors (Lipinski definition) is 2. The largest absolute Gasteiger partial charge is 0.369 e. The van der Waals surface area contributed by atoms with Gasteiger partial charge in [-0.05, 0) is 19.1 Å². The van der Waals surface area contributed by atoms with Crippen molar-refractivity contribution >= 4 is 28.1 Å². The number of aldehydes is 1. The molecule has 0 aliphatic carbocycles. The van der Waals surface area contributed by atoms with Crippen LogP contribution in [0.15, 0.2) is 48.5 Å². The minimum absolute atomic E-state index is 0.404. The van der Waals surface area contributed by atoms with Crippen molar-refractivity contribution in [1.29, 1.82) is 0 Å². The summed E-state index contributed by atoms with van der Waals surface area (Å²) in [5, 5.41) is 2.42. The zero-order valence-electron chi connectivity index (χ0n) is 11.5. The number of benzene rings is 2. The standard InChI is InChI=1S/C17H17NO2/c1-2-20-13(12-19)11-18-16-9-5-3-7-14(16)15-8-4-6-10-17(15)18/h3-10,12-13H,2,11H2,1H3. The van der Waals surface area contributed by atoms with Crippen molar-refractivity contribution in [2.45, 2.75) is 19.6 Å². The molecule has 0 amide bonds. The fourth-order valence-corrected chi connectivity index (χ4v) is 2.73. The number of carbonyl (C=O) groups excluding carboxylic acids is 1. The number of aromatic nitrogens is 1. The molecule has 0 spiro atoms. The van der Waals surface area contributed by atoms with Gasteiger partial charge in [0.05, 0.1) is 6.54 Å². The van der Waals surface area contributed by atoms with E-state index >= 15 is 0 Å². The van der Waals surface area contributed by atoms with Crippen molar-refractivity contribution in [3.8, 4) is 0 Å². The number of fused-ring (bicyclic) bond motifs is 3. The maximum Gasteiger partial charge on any atom is 0.150 e. The first-order valence-electron chi connectivity index (χ1n) is 6.88. The molecule has 2 aromatic carbocycles. The maximum absolute atomic E-state index is 11.2. The highest BCUT2D eigenvalue weighted by Crippen LogP contribution is 2.28. The molecule has 0 saturated heterocycles. The van der Waals surface area contributed by atoms with E-state index in [0.717, 1.165) is 17.3 Å². The summed E-state index contributed by atoms with van der Waals surface area (Å²) in [4.78, 5) is 11.2. The van der Waals surface area contributed by atoms with E-state index in [2.05, 4.69) is 28.8 Å². The second kappa shape index (κ2) is 5.47. The van der Waals surface area contributed by atoms with Crippen molar-refractivity contribution in [1.82, 2.24) is 4.57 Å². The molecule has 0 radical (unpaired) electrons. The van der Waals surface area contributed by atoms with E-state index in [9.17, 15) is 4.79 Å². The van der Waals surface area contributed by atoms with Gasteiger partial charge in [0, 0.05) is 28.4 Å². The molecule has 0 N–H and O–H groups in total. The Morgan fingerprint density at radius 2 is 1.60 bits per heavy atom. The van der Waals surface area contributed by atoms with Crippen LogP contribution >= 0.6 is 0 Å². The van der Waals surface area contributed by atoms with Gasteiger partial charge in [0.15, 0.2) is 6.29 Å². The van der Waals surface area contributed by atoms with Gasteiger partial charge in [0.2, 0.25) is 0 Å². The third-order valence-corrected chi connectivity index (χ3v) is 3.57. The number of rotatable bonds is 5.